The molecule has 3 aromatic rings. The van der Waals surface area contributed by atoms with E-state index in [2.05, 4.69) is 29.0 Å². The van der Waals surface area contributed by atoms with E-state index in [9.17, 15) is 4.79 Å². The van der Waals surface area contributed by atoms with Gasteiger partial charge in [-0.3, -0.25) is 4.57 Å². The Bertz CT molecular complexity index is 1110. The van der Waals surface area contributed by atoms with E-state index in [1.54, 1.807) is 23.9 Å². The average molecular weight is 468 g/mol. The predicted octanol–water partition coefficient (Wildman–Crippen LogP) is 3.38. The van der Waals surface area contributed by atoms with Crippen molar-refractivity contribution >= 4 is 28.4 Å². The normalized spacial score (nSPS) is 15.1. The first-order chi connectivity index (χ1) is 16.5. The summed E-state index contributed by atoms with van der Waals surface area (Å²) in [5.41, 5.74) is 1.80. The van der Waals surface area contributed by atoms with Crippen LogP contribution in [0.5, 0.6) is 5.75 Å². The summed E-state index contributed by atoms with van der Waals surface area (Å²) in [6.45, 7) is 8.77. The predicted molar refractivity (Wildman–Crippen MR) is 133 cm³/mol. The zero-order chi connectivity index (χ0) is 24.1. The van der Waals surface area contributed by atoms with Gasteiger partial charge in [-0.05, 0) is 51.1 Å². The number of amides is 1. The van der Waals surface area contributed by atoms with Gasteiger partial charge in [0.1, 0.15) is 5.75 Å². The second-order valence-electron chi connectivity index (χ2n) is 8.62. The highest BCUT2D eigenvalue weighted by molar-refractivity contribution is 5.92. The Hall–Kier alpha value is -3.30. The van der Waals surface area contributed by atoms with E-state index in [-0.39, 0.29) is 19.2 Å². The molecular weight excluding hydrogens is 434 g/mol. The Morgan fingerprint density at radius 2 is 1.94 bits per heavy atom. The number of carbonyl (C=O) groups excluding carboxylic acids is 1. The van der Waals surface area contributed by atoms with Crippen LogP contribution in [0.15, 0.2) is 48.8 Å². The van der Waals surface area contributed by atoms with Crippen molar-refractivity contribution in [3.05, 3.63) is 48.8 Å². The van der Waals surface area contributed by atoms with Crippen LogP contribution in [0, 0.1) is 0 Å². The van der Waals surface area contributed by atoms with Crippen molar-refractivity contribution in [1.29, 1.82) is 0 Å². The lowest BCUT2D eigenvalue weighted by Crippen LogP contribution is -2.50. The molecule has 1 saturated heterocycles. The fourth-order valence-corrected chi connectivity index (χ4v) is 4.13. The Morgan fingerprint density at radius 1 is 1.15 bits per heavy atom. The minimum atomic E-state index is -0.501. The highest BCUT2D eigenvalue weighted by atomic mass is 16.7. The summed E-state index contributed by atoms with van der Waals surface area (Å²) in [5, 5.41) is 13.3. The van der Waals surface area contributed by atoms with Crippen LogP contribution in [0.3, 0.4) is 0 Å². The minimum absolute atomic E-state index is 0.0575. The SMILES string of the molecule is CC(C)Nc1cccnc1N1CCN(C(=O)n2ccc3ccc(OC(C)OCCO)cc32)CC1. The zero-order valence-electron chi connectivity index (χ0n) is 20.0. The lowest BCUT2D eigenvalue weighted by Gasteiger charge is -2.36. The Labute approximate surface area is 199 Å². The zero-order valence-corrected chi connectivity index (χ0v) is 20.0. The molecular formula is C25H33N5O4. The van der Waals surface area contributed by atoms with Gasteiger partial charge in [-0.2, -0.15) is 0 Å². The molecule has 2 N–H and O–H groups in total. The molecule has 0 radical (unpaired) electrons. The van der Waals surface area contributed by atoms with Crippen molar-refractivity contribution in [2.45, 2.75) is 33.1 Å². The lowest BCUT2D eigenvalue weighted by molar-refractivity contribution is -0.0760. The second-order valence-corrected chi connectivity index (χ2v) is 8.62. The average Bonchev–Trinajstić information content (AvgIpc) is 3.25. The number of ether oxygens (including phenoxy) is 2. The summed E-state index contributed by atoms with van der Waals surface area (Å²) >= 11 is 0. The molecule has 1 aliphatic heterocycles. The van der Waals surface area contributed by atoms with E-state index < -0.39 is 6.29 Å². The van der Waals surface area contributed by atoms with Gasteiger partial charge in [0.05, 0.1) is 24.4 Å². The van der Waals surface area contributed by atoms with Crippen molar-refractivity contribution < 1.29 is 19.4 Å². The first-order valence-corrected chi connectivity index (χ1v) is 11.7. The molecule has 4 rings (SSSR count). The molecule has 9 heteroatoms. The summed E-state index contributed by atoms with van der Waals surface area (Å²) in [6.07, 6.45) is 3.11. The van der Waals surface area contributed by atoms with Crippen molar-refractivity contribution in [2.24, 2.45) is 0 Å². The van der Waals surface area contributed by atoms with Gasteiger partial charge in [0.2, 0.25) is 0 Å². The van der Waals surface area contributed by atoms with Gasteiger partial charge in [0, 0.05) is 56.1 Å². The van der Waals surface area contributed by atoms with Crippen LogP contribution < -0.4 is 15.0 Å². The number of pyridine rings is 1. The first kappa shape index (κ1) is 23.8. The quantitative estimate of drug-likeness (QED) is 0.491. The van der Waals surface area contributed by atoms with Gasteiger partial charge in [-0.25, -0.2) is 9.78 Å². The van der Waals surface area contributed by atoms with Crippen molar-refractivity contribution in [1.82, 2.24) is 14.5 Å². The van der Waals surface area contributed by atoms with Gasteiger partial charge >= 0.3 is 6.03 Å². The summed E-state index contributed by atoms with van der Waals surface area (Å²) in [5.74, 6) is 1.53. The van der Waals surface area contributed by atoms with Crippen molar-refractivity contribution in [3.63, 3.8) is 0 Å². The van der Waals surface area contributed by atoms with E-state index in [1.165, 1.54) is 0 Å². The number of benzene rings is 1. The summed E-state index contributed by atoms with van der Waals surface area (Å²) in [4.78, 5) is 22.0. The molecule has 0 bridgehead atoms. The molecule has 9 nitrogen and oxygen atoms in total. The van der Waals surface area contributed by atoms with Gasteiger partial charge in [0.25, 0.3) is 0 Å². The molecule has 1 aliphatic rings. The second kappa shape index (κ2) is 10.8. The highest BCUT2D eigenvalue weighted by Crippen LogP contribution is 2.26. The number of hydrogen-bond acceptors (Lipinski definition) is 7. The lowest BCUT2D eigenvalue weighted by atomic mass is 10.2. The van der Waals surface area contributed by atoms with E-state index in [4.69, 9.17) is 14.6 Å². The van der Waals surface area contributed by atoms with Crippen LogP contribution in [0.25, 0.3) is 10.9 Å². The number of aromatic nitrogens is 2. The van der Waals surface area contributed by atoms with Gasteiger partial charge in [-0.15, -0.1) is 0 Å². The number of piperazine rings is 1. The molecule has 0 spiro atoms. The molecule has 3 heterocycles. The molecule has 2 aromatic heterocycles. The third-order valence-corrected chi connectivity index (χ3v) is 5.70. The molecule has 1 fully saturated rings. The number of hydrogen-bond donors (Lipinski definition) is 2. The Kier molecular flexibility index (Phi) is 7.54. The van der Waals surface area contributed by atoms with E-state index in [1.807, 2.05) is 41.3 Å². The minimum Gasteiger partial charge on any atom is -0.465 e. The van der Waals surface area contributed by atoms with Crippen LogP contribution >= 0.6 is 0 Å². The third kappa shape index (κ3) is 5.43. The highest BCUT2D eigenvalue weighted by Gasteiger charge is 2.25. The summed E-state index contributed by atoms with van der Waals surface area (Å²) in [6, 6.07) is 11.8. The van der Waals surface area contributed by atoms with Crippen molar-refractivity contribution in [2.75, 3.05) is 49.6 Å². The van der Waals surface area contributed by atoms with E-state index in [0.717, 1.165) is 22.4 Å². The third-order valence-electron chi connectivity index (χ3n) is 5.70. The maximum absolute atomic E-state index is 13.4. The van der Waals surface area contributed by atoms with Gasteiger partial charge < -0.3 is 29.7 Å². The molecule has 1 unspecified atom stereocenters. The Balaban J connectivity index is 1.44. The summed E-state index contributed by atoms with van der Waals surface area (Å²) in [7, 11) is 0. The number of carbonyl (C=O) groups is 1. The molecule has 182 valence electrons. The molecule has 34 heavy (non-hydrogen) atoms. The number of nitrogens with zero attached hydrogens (tertiary/aromatic N) is 4. The van der Waals surface area contributed by atoms with E-state index >= 15 is 0 Å². The number of aliphatic hydroxyl groups is 1. The Morgan fingerprint density at radius 3 is 2.68 bits per heavy atom. The van der Waals surface area contributed by atoms with Crippen LogP contribution in [0.1, 0.15) is 20.8 Å². The maximum Gasteiger partial charge on any atom is 0.328 e. The smallest absolute Gasteiger partial charge is 0.328 e. The summed E-state index contributed by atoms with van der Waals surface area (Å²) < 4.78 is 12.8. The standard InChI is InChI=1S/C25H33N5O4/c1-18(2)27-22-5-4-9-26-24(22)28-11-13-29(14-12-28)25(32)30-10-8-20-6-7-21(17-23(20)30)34-19(3)33-16-15-31/h4-10,17-19,27,31H,11-16H2,1-3H3. The number of anilines is 2. The maximum atomic E-state index is 13.4. The van der Waals surface area contributed by atoms with Crippen LogP contribution in [0.4, 0.5) is 16.3 Å². The van der Waals surface area contributed by atoms with Crippen molar-refractivity contribution in [3.8, 4) is 5.75 Å². The number of aliphatic hydroxyl groups excluding tert-OH is 1. The molecule has 1 amide bonds. The van der Waals surface area contributed by atoms with Gasteiger partial charge in [0.15, 0.2) is 12.1 Å². The van der Waals surface area contributed by atoms with Gasteiger partial charge in [-0.1, -0.05) is 0 Å². The van der Waals surface area contributed by atoms with Crippen LogP contribution in [-0.4, -0.2) is 77.3 Å². The van der Waals surface area contributed by atoms with Crippen LogP contribution in [-0.2, 0) is 4.74 Å². The topological polar surface area (TPSA) is 92.1 Å². The molecule has 0 saturated carbocycles. The fourth-order valence-electron chi connectivity index (χ4n) is 4.13. The molecule has 0 aliphatic carbocycles. The number of nitrogens with one attached hydrogen (secondary N) is 1. The number of fused-ring (bicyclic) bond motifs is 1. The number of rotatable bonds is 8. The van der Waals surface area contributed by atoms with E-state index in [0.29, 0.717) is 38.0 Å². The fraction of sp³-hybridized carbons (Fsp3) is 0.440. The molecule has 1 aromatic carbocycles. The van der Waals surface area contributed by atoms with Crippen LogP contribution in [0.2, 0.25) is 0 Å². The monoisotopic (exact) mass is 467 g/mol. The molecule has 1 atom stereocenters. The first-order valence-electron chi connectivity index (χ1n) is 11.7. The largest absolute Gasteiger partial charge is 0.465 e.